The van der Waals surface area contributed by atoms with Crippen LogP contribution in [0.5, 0.6) is 0 Å². The topological polar surface area (TPSA) is 89.0 Å². The highest BCUT2D eigenvalue weighted by Gasteiger charge is 2.36. The lowest BCUT2D eigenvalue weighted by Crippen LogP contribution is -2.30. The molecule has 0 bridgehead atoms. The van der Waals surface area contributed by atoms with Crippen molar-refractivity contribution in [2.45, 2.75) is 24.2 Å². The lowest BCUT2D eigenvalue weighted by molar-refractivity contribution is -0.147. The molecule has 0 atom stereocenters. The van der Waals surface area contributed by atoms with Crippen LogP contribution in [0.2, 0.25) is 0 Å². The van der Waals surface area contributed by atoms with Crippen LogP contribution >= 0.6 is 0 Å². The van der Waals surface area contributed by atoms with Crippen molar-refractivity contribution < 1.29 is 26.0 Å². The largest absolute Gasteiger partial charge is 0.401 e. The molecule has 1 aliphatic heterocycles. The Labute approximate surface area is 146 Å². The molecule has 0 amide bonds. The Hall–Kier alpha value is -2.58. The SMILES string of the molecule is N#Cc1ccc(NS(=O)(=O)c2c[nH]c3c2CN(CC(F)(F)F)C3)c(F)c1. The van der Waals surface area contributed by atoms with Crippen LogP contribution in [-0.2, 0) is 23.1 Å². The van der Waals surface area contributed by atoms with Crippen molar-refractivity contribution in [3.8, 4) is 6.07 Å². The zero-order valence-electron chi connectivity index (χ0n) is 13.1. The Morgan fingerprint density at radius 3 is 2.65 bits per heavy atom. The van der Waals surface area contributed by atoms with Gasteiger partial charge in [0.05, 0.1) is 23.9 Å². The fraction of sp³-hybridized carbons (Fsp3) is 0.267. The summed E-state index contributed by atoms with van der Waals surface area (Å²) in [6, 6.07) is 4.95. The molecule has 0 spiro atoms. The summed E-state index contributed by atoms with van der Waals surface area (Å²) in [6.45, 7) is -1.41. The van der Waals surface area contributed by atoms with E-state index < -0.39 is 28.6 Å². The third kappa shape index (κ3) is 3.66. The van der Waals surface area contributed by atoms with Gasteiger partial charge in [0.1, 0.15) is 10.7 Å². The minimum absolute atomic E-state index is 0.0239. The molecule has 0 aliphatic carbocycles. The van der Waals surface area contributed by atoms with E-state index in [4.69, 9.17) is 5.26 Å². The predicted molar refractivity (Wildman–Crippen MR) is 82.9 cm³/mol. The van der Waals surface area contributed by atoms with Crippen molar-refractivity contribution in [3.63, 3.8) is 0 Å². The second-order valence-corrected chi connectivity index (χ2v) is 7.43. The lowest BCUT2D eigenvalue weighted by Gasteiger charge is -2.17. The van der Waals surface area contributed by atoms with E-state index >= 15 is 0 Å². The van der Waals surface area contributed by atoms with E-state index in [1.54, 1.807) is 6.07 Å². The van der Waals surface area contributed by atoms with E-state index in [9.17, 15) is 26.0 Å². The van der Waals surface area contributed by atoms with Gasteiger partial charge in [-0.1, -0.05) is 0 Å². The van der Waals surface area contributed by atoms with Crippen molar-refractivity contribution in [1.29, 1.82) is 5.26 Å². The molecule has 1 aliphatic rings. The number of hydrogen-bond acceptors (Lipinski definition) is 4. The van der Waals surface area contributed by atoms with Crippen LogP contribution in [-0.4, -0.2) is 31.0 Å². The number of halogens is 4. The number of fused-ring (bicyclic) bond motifs is 1. The molecule has 0 saturated heterocycles. The minimum Gasteiger partial charge on any atom is -0.362 e. The fourth-order valence-corrected chi connectivity index (χ4v) is 4.06. The van der Waals surface area contributed by atoms with Gasteiger partial charge in [0.2, 0.25) is 0 Å². The quantitative estimate of drug-likeness (QED) is 0.789. The normalized spacial score (nSPS) is 14.9. The Kier molecular flexibility index (Phi) is 4.41. The maximum absolute atomic E-state index is 13.9. The van der Waals surface area contributed by atoms with E-state index in [0.29, 0.717) is 5.69 Å². The number of H-pyrrole nitrogens is 1. The zero-order chi connectivity index (χ0) is 19.1. The number of alkyl halides is 3. The first kappa shape index (κ1) is 18.2. The summed E-state index contributed by atoms with van der Waals surface area (Å²) in [5.41, 5.74) is 0.255. The third-order valence-electron chi connectivity index (χ3n) is 3.84. The van der Waals surface area contributed by atoms with Crippen molar-refractivity contribution in [2.75, 3.05) is 11.3 Å². The second-order valence-electron chi connectivity index (χ2n) is 5.78. The first-order valence-electron chi connectivity index (χ1n) is 7.30. The molecule has 0 saturated carbocycles. The third-order valence-corrected chi connectivity index (χ3v) is 5.27. The number of aromatic amines is 1. The minimum atomic E-state index is -4.40. The van der Waals surface area contributed by atoms with Gasteiger partial charge in [-0.3, -0.25) is 9.62 Å². The van der Waals surface area contributed by atoms with Gasteiger partial charge < -0.3 is 4.98 Å². The van der Waals surface area contributed by atoms with Crippen LogP contribution in [0, 0.1) is 17.1 Å². The van der Waals surface area contributed by atoms with Crippen molar-refractivity contribution in [3.05, 3.63) is 47.0 Å². The smallest absolute Gasteiger partial charge is 0.362 e. The first-order valence-corrected chi connectivity index (χ1v) is 8.78. The Morgan fingerprint density at radius 1 is 1.31 bits per heavy atom. The number of aromatic nitrogens is 1. The molecule has 26 heavy (non-hydrogen) atoms. The molecule has 2 aromatic rings. The average Bonchev–Trinajstić information content (AvgIpc) is 3.07. The van der Waals surface area contributed by atoms with Crippen LogP contribution in [0.1, 0.15) is 16.8 Å². The maximum atomic E-state index is 13.9. The van der Waals surface area contributed by atoms with Gasteiger partial charge >= 0.3 is 6.18 Å². The number of nitriles is 1. The summed E-state index contributed by atoms with van der Waals surface area (Å²) in [7, 11) is -4.22. The standard InChI is InChI=1S/C15H12F4N4O2S/c16-11-3-9(4-20)1-2-12(11)22-26(24,25)14-5-21-13-7-23(6-10(13)14)8-15(17,18)19/h1-3,5,21-22H,6-8H2. The summed E-state index contributed by atoms with van der Waals surface area (Å²) < 4.78 is 78.6. The predicted octanol–water partition coefficient (Wildman–Crippen LogP) is 2.70. The highest BCUT2D eigenvalue weighted by Crippen LogP contribution is 2.32. The van der Waals surface area contributed by atoms with Crippen molar-refractivity contribution in [1.82, 2.24) is 9.88 Å². The molecule has 2 N–H and O–H groups in total. The molecule has 0 fully saturated rings. The summed E-state index contributed by atoms with van der Waals surface area (Å²) in [5, 5.41) is 8.70. The fourth-order valence-electron chi connectivity index (χ4n) is 2.77. The summed E-state index contributed by atoms with van der Waals surface area (Å²) >= 11 is 0. The van der Waals surface area contributed by atoms with E-state index in [0.717, 1.165) is 17.0 Å². The van der Waals surface area contributed by atoms with Crippen LogP contribution in [0.4, 0.5) is 23.2 Å². The molecular weight excluding hydrogens is 376 g/mol. The molecule has 11 heteroatoms. The van der Waals surface area contributed by atoms with Crippen molar-refractivity contribution in [2.24, 2.45) is 0 Å². The average molecular weight is 388 g/mol. The van der Waals surface area contributed by atoms with E-state index in [-0.39, 0.29) is 34.8 Å². The van der Waals surface area contributed by atoms with Crippen LogP contribution in [0.25, 0.3) is 0 Å². The number of nitrogens with zero attached hydrogens (tertiary/aromatic N) is 2. The molecule has 0 radical (unpaired) electrons. The summed E-state index contributed by atoms with van der Waals surface area (Å²) in [4.78, 5) is 3.48. The molecular formula is C15H12F4N4O2S. The molecule has 0 unspecified atom stereocenters. The summed E-state index contributed by atoms with van der Waals surface area (Å²) in [6.07, 6.45) is -3.23. The van der Waals surface area contributed by atoms with Gasteiger partial charge in [-0.2, -0.15) is 18.4 Å². The molecule has 2 heterocycles. The molecule has 1 aromatic carbocycles. The number of sulfonamides is 1. The molecule has 3 rings (SSSR count). The second kappa shape index (κ2) is 6.30. The van der Waals surface area contributed by atoms with Gasteiger partial charge in [-0.25, -0.2) is 12.8 Å². The van der Waals surface area contributed by atoms with Crippen LogP contribution in [0.15, 0.2) is 29.3 Å². The molecule has 6 nitrogen and oxygen atoms in total. The van der Waals surface area contributed by atoms with Crippen molar-refractivity contribution >= 4 is 15.7 Å². The van der Waals surface area contributed by atoms with Gasteiger partial charge in [-0.05, 0) is 18.2 Å². The highest BCUT2D eigenvalue weighted by atomic mass is 32.2. The first-order chi connectivity index (χ1) is 12.1. The Balaban J connectivity index is 1.84. The van der Waals surface area contributed by atoms with E-state index in [1.807, 2.05) is 0 Å². The Bertz CT molecular complexity index is 992. The number of hydrogen-bond donors (Lipinski definition) is 2. The van der Waals surface area contributed by atoms with E-state index in [1.165, 1.54) is 12.3 Å². The lowest BCUT2D eigenvalue weighted by atomic mass is 10.2. The van der Waals surface area contributed by atoms with Gasteiger partial charge in [0, 0.05) is 30.5 Å². The van der Waals surface area contributed by atoms with Gasteiger partial charge in [0.25, 0.3) is 10.0 Å². The maximum Gasteiger partial charge on any atom is 0.401 e. The highest BCUT2D eigenvalue weighted by molar-refractivity contribution is 7.92. The number of benzene rings is 1. The zero-order valence-corrected chi connectivity index (χ0v) is 13.9. The van der Waals surface area contributed by atoms with Crippen LogP contribution < -0.4 is 4.72 Å². The molecule has 1 aromatic heterocycles. The van der Waals surface area contributed by atoms with Gasteiger partial charge in [-0.15, -0.1) is 0 Å². The number of nitrogens with one attached hydrogen (secondary N) is 2. The van der Waals surface area contributed by atoms with Crippen LogP contribution in [0.3, 0.4) is 0 Å². The number of rotatable bonds is 4. The van der Waals surface area contributed by atoms with Gasteiger partial charge in [0.15, 0.2) is 0 Å². The summed E-state index contributed by atoms with van der Waals surface area (Å²) in [5.74, 6) is -0.932. The number of anilines is 1. The van der Waals surface area contributed by atoms with E-state index in [2.05, 4.69) is 9.71 Å². The monoisotopic (exact) mass is 388 g/mol. The molecule has 138 valence electrons. The Morgan fingerprint density at radius 2 is 2.04 bits per heavy atom.